The molecule has 4 nitrogen and oxygen atoms in total. The van der Waals surface area contributed by atoms with Gasteiger partial charge >= 0.3 is 5.97 Å². The molecule has 1 amide bonds. The predicted octanol–water partition coefficient (Wildman–Crippen LogP) is 2.02. The maximum absolute atomic E-state index is 11.5. The summed E-state index contributed by atoms with van der Waals surface area (Å²) < 4.78 is 5.15. The molecule has 0 saturated carbocycles. The number of esters is 1. The normalized spacial score (nSPS) is 13.1. The SMILES string of the molecule is CCCCC(=O)N[C@H](C)C(=O)OC(C)(C)C. The summed E-state index contributed by atoms with van der Waals surface area (Å²) >= 11 is 0. The van der Waals surface area contributed by atoms with Gasteiger partial charge < -0.3 is 10.1 Å². The van der Waals surface area contributed by atoms with Crippen molar-refractivity contribution in [1.29, 1.82) is 0 Å². The molecule has 0 heterocycles. The molecule has 0 aliphatic carbocycles. The Morgan fingerprint density at radius 1 is 1.31 bits per heavy atom. The molecule has 0 rings (SSSR count). The van der Waals surface area contributed by atoms with Crippen LogP contribution in [0.5, 0.6) is 0 Å². The van der Waals surface area contributed by atoms with Crippen LogP contribution in [0, 0.1) is 0 Å². The van der Waals surface area contributed by atoms with E-state index in [1.54, 1.807) is 27.7 Å². The van der Waals surface area contributed by atoms with Crippen LogP contribution >= 0.6 is 0 Å². The summed E-state index contributed by atoms with van der Waals surface area (Å²) in [6, 6.07) is -0.580. The average molecular weight is 229 g/mol. The quantitative estimate of drug-likeness (QED) is 0.734. The lowest BCUT2D eigenvalue weighted by molar-refractivity contribution is -0.158. The zero-order chi connectivity index (χ0) is 12.8. The van der Waals surface area contributed by atoms with Crippen LogP contribution in [0.2, 0.25) is 0 Å². The van der Waals surface area contributed by atoms with E-state index in [9.17, 15) is 9.59 Å². The second-order valence-electron chi connectivity index (χ2n) is 4.93. The highest BCUT2D eigenvalue weighted by Crippen LogP contribution is 2.08. The van der Waals surface area contributed by atoms with Gasteiger partial charge in [0.15, 0.2) is 0 Å². The number of amides is 1. The first-order valence-corrected chi connectivity index (χ1v) is 5.78. The fourth-order valence-corrected chi connectivity index (χ4v) is 1.10. The van der Waals surface area contributed by atoms with E-state index in [1.165, 1.54) is 0 Å². The number of carbonyl (C=O) groups is 2. The van der Waals surface area contributed by atoms with Crippen molar-refractivity contribution in [2.24, 2.45) is 0 Å². The summed E-state index contributed by atoms with van der Waals surface area (Å²) in [4.78, 5) is 22.9. The first-order chi connectivity index (χ1) is 7.26. The Labute approximate surface area is 97.7 Å². The van der Waals surface area contributed by atoms with Crippen molar-refractivity contribution in [1.82, 2.24) is 5.32 Å². The predicted molar refractivity (Wildman–Crippen MR) is 63.0 cm³/mol. The minimum absolute atomic E-state index is 0.0970. The van der Waals surface area contributed by atoms with Gasteiger partial charge in [-0.1, -0.05) is 13.3 Å². The van der Waals surface area contributed by atoms with Gasteiger partial charge in [-0.15, -0.1) is 0 Å². The third-order valence-electron chi connectivity index (χ3n) is 1.90. The van der Waals surface area contributed by atoms with Crippen LogP contribution in [0.15, 0.2) is 0 Å². The van der Waals surface area contributed by atoms with E-state index in [0.29, 0.717) is 6.42 Å². The van der Waals surface area contributed by atoms with Crippen molar-refractivity contribution in [3.05, 3.63) is 0 Å². The third-order valence-corrected chi connectivity index (χ3v) is 1.90. The van der Waals surface area contributed by atoms with Crippen LogP contribution in [0.25, 0.3) is 0 Å². The van der Waals surface area contributed by atoms with Crippen LogP contribution in [-0.4, -0.2) is 23.5 Å². The Hall–Kier alpha value is -1.06. The summed E-state index contributed by atoms with van der Waals surface area (Å²) in [5.74, 6) is -0.488. The van der Waals surface area contributed by atoms with Gasteiger partial charge in [0.05, 0.1) is 0 Å². The van der Waals surface area contributed by atoms with Crippen LogP contribution in [-0.2, 0) is 14.3 Å². The molecular formula is C12H23NO3. The lowest BCUT2D eigenvalue weighted by Crippen LogP contribution is -2.42. The van der Waals surface area contributed by atoms with Gasteiger partial charge in [-0.25, -0.2) is 4.79 Å². The highest BCUT2D eigenvalue weighted by Gasteiger charge is 2.22. The number of unbranched alkanes of at least 4 members (excludes halogenated alkanes) is 1. The maximum Gasteiger partial charge on any atom is 0.328 e. The first-order valence-electron chi connectivity index (χ1n) is 5.78. The molecule has 0 radical (unpaired) electrons. The second kappa shape index (κ2) is 6.51. The van der Waals surface area contributed by atoms with Crippen molar-refractivity contribution >= 4 is 11.9 Å². The fourth-order valence-electron chi connectivity index (χ4n) is 1.10. The van der Waals surface area contributed by atoms with Gasteiger partial charge in [0.25, 0.3) is 0 Å². The Kier molecular flexibility index (Phi) is 6.08. The van der Waals surface area contributed by atoms with Gasteiger partial charge in [0.1, 0.15) is 11.6 Å². The highest BCUT2D eigenvalue weighted by molar-refractivity contribution is 5.84. The highest BCUT2D eigenvalue weighted by atomic mass is 16.6. The molecule has 0 aromatic rings. The monoisotopic (exact) mass is 229 g/mol. The van der Waals surface area contributed by atoms with Gasteiger partial charge in [-0.2, -0.15) is 0 Å². The Bertz CT molecular complexity index is 243. The maximum atomic E-state index is 11.5. The molecule has 0 aliphatic rings. The molecule has 4 heteroatoms. The van der Waals surface area contributed by atoms with Crippen molar-refractivity contribution in [3.8, 4) is 0 Å². The summed E-state index contributed by atoms with van der Waals surface area (Å²) in [5, 5.41) is 2.62. The van der Waals surface area contributed by atoms with E-state index in [4.69, 9.17) is 4.74 Å². The van der Waals surface area contributed by atoms with E-state index in [2.05, 4.69) is 5.32 Å². The Balaban J connectivity index is 4.01. The van der Waals surface area contributed by atoms with Crippen molar-refractivity contribution in [2.75, 3.05) is 0 Å². The first kappa shape index (κ1) is 14.9. The molecule has 0 fully saturated rings. The van der Waals surface area contributed by atoms with Gasteiger partial charge in [0.2, 0.25) is 5.91 Å². The van der Waals surface area contributed by atoms with Crippen LogP contribution < -0.4 is 5.32 Å². The molecule has 1 N–H and O–H groups in total. The van der Waals surface area contributed by atoms with Crippen LogP contribution in [0.4, 0.5) is 0 Å². The van der Waals surface area contributed by atoms with Crippen LogP contribution in [0.3, 0.4) is 0 Å². The number of carbonyl (C=O) groups excluding carboxylic acids is 2. The molecule has 16 heavy (non-hydrogen) atoms. The summed E-state index contributed by atoms with van der Waals surface area (Å²) in [6.45, 7) is 9.06. The molecule has 0 aromatic carbocycles. The van der Waals surface area contributed by atoms with Gasteiger partial charge in [-0.05, 0) is 34.1 Å². The third kappa shape index (κ3) is 7.26. The number of nitrogens with one attached hydrogen (secondary N) is 1. The molecule has 0 bridgehead atoms. The van der Waals surface area contributed by atoms with E-state index in [1.807, 2.05) is 6.92 Å². The van der Waals surface area contributed by atoms with E-state index in [-0.39, 0.29) is 5.91 Å². The summed E-state index contributed by atoms with van der Waals surface area (Å²) in [7, 11) is 0. The zero-order valence-corrected chi connectivity index (χ0v) is 10.9. The zero-order valence-electron chi connectivity index (χ0n) is 10.9. The van der Waals surface area contributed by atoms with Crippen molar-refractivity contribution < 1.29 is 14.3 Å². The standard InChI is InChI=1S/C12H23NO3/c1-6-7-8-10(14)13-9(2)11(15)16-12(3,4)5/h9H,6-8H2,1-5H3,(H,13,14)/t9-/m1/s1. The van der Waals surface area contributed by atoms with E-state index < -0.39 is 17.6 Å². The van der Waals surface area contributed by atoms with Crippen molar-refractivity contribution in [3.63, 3.8) is 0 Å². The second-order valence-corrected chi connectivity index (χ2v) is 4.93. The minimum atomic E-state index is -0.580. The molecule has 0 unspecified atom stereocenters. The van der Waals surface area contributed by atoms with Gasteiger partial charge in [0, 0.05) is 6.42 Å². The number of rotatable bonds is 5. The number of ether oxygens (including phenoxy) is 1. The fraction of sp³-hybridized carbons (Fsp3) is 0.833. The Morgan fingerprint density at radius 2 is 1.88 bits per heavy atom. The van der Waals surface area contributed by atoms with Gasteiger partial charge in [-0.3, -0.25) is 4.79 Å². The van der Waals surface area contributed by atoms with Crippen LogP contribution in [0.1, 0.15) is 53.9 Å². The minimum Gasteiger partial charge on any atom is -0.458 e. The summed E-state index contributed by atoms with van der Waals surface area (Å²) in [6.07, 6.45) is 2.27. The summed E-state index contributed by atoms with van der Waals surface area (Å²) in [5.41, 5.74) is -0.514. The van der Waals surface area contributed by atoms with E-state index in [0.717, 1.165) is 12.8 Å². The van der Waals surface area contributed by atoms with E-state index >= 15 is 0 Å². The molecule has 0 aromatic heterocycles. The lowest BCUT2D eigenvalue weighted by Gasteiger charge is -2.22. The average Bonchev–Trinajstić information content (AvgIpc) is 2.11. The van der Waals surface area contributed by atoms with Crippen molar-refractivity contribution in [2.45, 2.75) is 65.5 Å². The largest absolute Gasteiger partial charge is 0.458 e. The molecule has 0 saturated heterocycles. The lowest BCUT2D eigenvalue weighted by atomic mass is 10.2. The molecule has 0 spiro atoms. The molecule has 0 aliphatic heterocycles. The smallest absolute Gasteiger partial charge is 0.328 e. The number of hydrogen-bond donors (Lipinski definition) is 1. The topological polar surface area (TPSA) is 55.4 Å². The molecular weight excluding hydrogens is 206 g/mol. The number of hydrogen-bond acceptors (Lipinski definition) is 3. The molecule has 94 valence electrons. The Morgan fingerprint density at radius 3 is 2.31 bits per heavy atom. The molecule has 1 atom stereocenters.